The van der Waals surface area contributed by atoms with Gasteiger partial charge in [0.05, 0.1) is 6.04 Å². The second-order valence-electron chi connectivity index (χ2n) is 3.57. The first kappa shape index (κ1) is 7.77. The molecule has 3 heterocycles. The highest BCUT2D eigenvalue weighted by Gasteiger charge is 2.34. The molecular formula is C9H15N3. The van der Waals surface area contributed by atoms with E-state index in [0.717, 1.165) is 5.92 Å². The Bertz CT molecular complexity index is 245. The predicted octanol–water partition coefficient (Wildman–Crippen LogP) is 2.13. The van der Waals surface area contributed by atoms with Crippen LogP contribution in [0.4, 0.5) is 0 Å². The van der Waals surface area contributed by atoms with Crippen molar-refractivity contribution < 1.29 is 0 Å². The van der Waals surface area contributed by atoms with E-state index in [1.807, 2.05) is 0 Å². The number of hydrogen-bond acceptors (Lipinski definition) is 2. The summed E-state index contributed by atoms with van der Waals surface area (Å²) in [6.07, 6.45) is 7.01. The second-order valence-corrected chi connectivity index (χ2v) is 3.57. The SMILES string of the molecule is C.c1nc2n(n1)C1CCC2CC1. The van der Waals surface area contributed by atoms with Crippen molar-refractivity contribution in [2.75, 3.05) is 0 Å². The number of aromatic nitrogens is 3. The minimum absolute atomic E-state index is 0. The van der Waals surface area contributed by atoms with Crippen molar-refractivity contribution in [1.82, 2.24) is 14.8 Å². The Morgan fingerprint density at radius 1 is 1.25 bits per heavy atom. The van der Waals surface area contributed by atoms with Gasteiger partial charge in [0, 0.05) is 5.92 Å². The molecule has 12 heavy (non-hydrogen) atoms. The van der Waals surface area contributed by atoms with E-state index in [0.29, 0.717) is 6.04 Å². The minimum Gasteiger partial charge on any atom is -0.247 e. The lowest BCUT2D eigenvalue weighted by atomic mass is 9.82. The molecule has 3 aliphatic rings. The molecule has 2 bridgehead atoms. The van der Waals surface area contributed by atoms with Gasteiger partial charge in [-0.3, -0.25) is 0 Å². The topological polar surface area (TPSA) is 30.7 Å². The fourth-order valence-corrected chi connectivity index (χ4v) is 2.41. The predicted molar refractivity (Wildman–Crippen MR) is 47.0 cm³/mol. The fourth-order valence-electron chi connectivity index (χ4n) is 2.41. The summed E-state index contributed by atoms with van der Waals surface area (Å²) in [5.41, 5.74) is 0. The van der Waals surface area contributed by atoms with Gasteiger partial charge in [0.2, 0.25) is 0 Å². The highest BCUT2D eigenvalue weighted by Crippen LogP contribution is 2.43. The Morgan fingerprint density at radius 2 is 2.00 bits per heavy atom. The third kappa shape index (κ3) is 0.822. The van der Waals surface area contributed by atoms with Crippen molar-refractivity contribution in [1.29, 1.82) is 0 Å². The van der Waals surface area contributed by atoms with Crippen LogP contribution in [0.1, 0.15) is 50.9 Å². The summed E-state index contributed by atoms with van der Waals surface area (Å²) in [4.78, 5) is 4.29. The van der Waals surface area contributed by atoms with Crippen molar-refractivity contribution in [3.05, 3.63) is 12.2 Å². The molecule has 1 aromatic heterocycles. The second kappa shape index (κ2) is 2.57. The first-order valence-corrected chi connectivity index (χ1v) is 4.34. The maximum atomic E-state index is 4.29. The molecule has 3 nitrogen and oxygen atoms in total. The van der Waals surface area contributed by atoms with Gasteiger partial charge in [-0.05, 0) is 25.7 Å². The fraction of sp³-hybridized carbons (Fsp3) is 0.778. The summed E-state index contributed by atoms with van der Waals surface area (Å²) >= 11 is 0. The van der Waals surface area contributed by atoms with Crippen LogP contribution in [0.15, 0.2) is 6.33 Å². The van der Waals surface area contributed by atoms with Crippen LogP contribution in [0.5, 0.6) is 0 Å². The van der Waals surface area contributed by atoms with Gasteiger partial charge in [0.25, 0.3) is 0 Å². The number of rotatable bonds is 0. The lowest BCUT2D eigenvalue weighted by molar-refractivity contribution is 0.234. The van der Waals surface area contributed by atoms with Crippen LogP contribution in [0.2, 0.25) is 0 Å². The lowest BCUT2D eigenvalue weighted by Crippen LogP contribution is -2.28. The van der Waals surface area contributed by atoms with E-state index >= 15 is 0 Å². The zero-order valence-electron chi connectivity index (χ0n) is 6.40. The van der Waals surface area contributed by atoms with Crippen LogP contribution >= 0.6 is 0 Å². The van der Waals surface area contributed by atoms with Gasteiger partial charge in [-0.2, -0.15) is 5.10 Å². The first-order valence-electron chi connectivity index (χ1n) is 4.34. The maximum absolute atomic E-state index is 4.29. The Kier molecular flexibility index (Phi) is 1.67. The van der Waals surface area contributed by atoms with E-state index in [1.54, 1.807) is 6.33 Å². The molecule has 0 radical (unpaired) electrons. The third-order valence-corrected chi connectivity index (χ3v) is 3.01. The summed E-state index contributed by atoms with van der Waals surface area (Å²) in [7, 11) is 0. The van der Waals surface area contributed by atoms with Crippen LogP contribution in [-0.4, -0.2) is 14.8 Å². The normalized spacial score (nSPS) is 31.0. The quantitative estimate of drug-likeness (QED) is 0.589. The molecule has 1 aromatic rings. The van der Waals surface area contributed by atoms with Crippen LogP contribution in [0.25, 0.3) is 0 Å². The molecule has 2 aliphatic heterocycles. The van der Waals surface area contributed by atoms with E-state index in [4.69, 9.17) is 0 Å². The van der Waals surface area contributed by atoms with Crippen molar-refractivity contribution in [2.45, 2.75) is 45.1 Å². The van der Waals surface area contributed by atoms with Gasteiger partial charge >= 0.3 is 0 Å². The van der Waals surface area contributed by atoms with Gasteiger partial charge in [0.15, 0.2) is 0 Å². The summed E-state index contributed by atoms with van der Waals surface area (Å²) in [6.45, 7) is 0. The molecule has 1 aliphatic carbocycles. The van der Waals surface area contributed by atoms with E-state index < -0.39 is 0 Å². The van der Waals surface area contributed by atoms with Crippen LogP contribution < -0.4 is 0 Å². The summed E-state index contributed by atoms with van der Waals surface area (Å²) in [6, 6.07) is 0.678. The van der Waals surface area contributed by atoms with Gasteiger partial charge in [0.1, 0.15) is 12.2 Å². The van der Waals surface area contributed by atoms with E-state index in [1.165, 1.54) is 31.5 Å². The standard InChI is InChI=1S/C8H11N3.CH4/c1-3-7-4-2-6(1)8-9-5-10-11(7)8;/h5-7H,1-4H2;1H4. The van der Waals surface area contributed by atoms with E-state index in [9.17, 15) is 0 Å². The van der Waals surface area contributed by atoms with Gasteiger partial charge < -0.3 is 0 Å². The van der Waals surface area contributed by atoms with E-state index in [2.05, 4.69) is 14.8 Å². The van der Waals surface area contributed by atoms with Gasteiger partial charge in [-0.25, -0.2) is 9.67 Å². The van der Waals surface area contributed by atoms with Gasteiger partial charge in [-0.15, -0.1) is 0 Å². The Labute approximate surface area is 72.8 Å². The molecule has 0 amide bonds. The lowest BCUT2D eigenvalue weighted by Gasteiger charge is -2.35. The van der Waals surface area contributed by atoms with Crippen molar-refractivity contribution in [2.24, 2.45) is 0 Å². The largest absolute Gasteiger partial charge is 0.247 e. The molecule has 4 rings (SSSR count). The summed E-state index contributed by atoms with van der Waals surface area (Å²) < 4.78 is 2.14. The van der Waals surface area contributed by atoms with Crippen LogP contribution in [0, 0.1) is 0 Å². The van der Waals surface area contributed by atoms with Crippen LogP contribution in [0.3, 0.4) is 0 Å². The smallest absolute Gasteiger partial charge is 0.138 e. The number of hydrogen-bond donors (Lipinski definition) is 0. The molecule has 0 unspecified atom stereocenters. The monoisotopic (exact) mass is 165 g/mol. The van der Waals surface area contributed by atoms with Gasteiger partial charge in [-0.1, -0.05) is 7.43 Å². The molecule has 0 atom stereocenters. The number of nitrogens with zero attached hydrogens (tertiary/aromatic N) is 3. The summed E-state index contributed by atoms with van der Waals surface area (Å²) in [5, 5.41) is 4.24. The van der Waals surface area contributed by atoms with Crippen molar-refractivity contribution in [3.8, 4) is 0 Å². The Morgan fingerprint density at radius 3 is 2.67 bits per heavy atom. The highest BCUT2D eigenvalue weighted by atomic mass is 15.4. The van der Waals surface area contributed by atoms with Crippen molar-refractivity contribution >= 4 is 0 Å². The van der Waals surface area contributed by atoms with Crippen LogP contribution in [-0.2, 0) is 0 Å². The first-order chi connectivity index (χ1) is 5.45. The summed E-state index contributed by atoms with van der Waals surface area (Å²) in [5.74, 6) is 1.97. The maximum Gasteiger partial charge on any atom is 0.138 e. The number of fused-ring (bicyclic) bond motifs is 2. The Hall–Kier alpha value is -0.860. The average molecular weight is 165 g/mol. The molecule has 66 valence electrons. The average Bonchev–Trinajstić information content (AvgIpc) is 2.55. The molecule has 1 fully saturated rings. The molecule has 3 heteroatoms. The van der Waals surface area contributed by atoms with Crippen molar-refractivity contribution in [3.63, 3.8) is 0 Å². The molecule has 0 aromatic carbocycles. The molecular weight excluding hydrogens is 150 g/mol. The molecule has 0 N–H and O–H groups in total. The minimum atomic E-state index is 0. The molecule has 1 saturated carbocycles. The van der Waals surface area contributed by atoms with E-state index in [-0.39, 0.29) is 7.43 Å². The Balaban J connectivity index is 0.000000563. The zero-order valence-corrected chi connectivity index (χ0v) is 6.40. The zero-order chi connectivity index (χ0) is 7.26. The molecule has 0 spiro atoms. The molecule has 0 saturated heterocycles. The third-order valence-electron chi connectivity index (χ3n) is 3.01. The highest BCUT2D eigenvalue weighted by molar-refractivity contribution is 5.05.